The number of hydrogen-bond donors (Lipinski definition) is 0. The third kappa shape index (κ3) is 4.86. The Balaban J connectivity index is 1.46. The minimum atomic E-state index is -0.507. The maximum Gasteiger partial charge on any atom is 0.293 e. The molecule has 1 fully saturated rings. The van der Waals surface area contributed by atoms with E-state index in [0.29, 0.717) is 35.2 Å². The molecule has 0 spiro atoms. The zero-order valence-electron chi connectivity index (χ0n) is 16.8. The van der Waals surface area contributed by atoms with Gasteiger partial charge >= 0.3 is 0 Å². The van der Waals surface area contributed by atoms with Crippen molar-refractivity contribution in [2.24, 2.45) is 0 Å². The summed E-state index contributed by atoms with van der Waals surface area (Å²) in [6.07, 6.45) is 0.404. The number of thioether (sulfide) groups is 1. The van der Waals surface area contributed by atoms with Gasteiger partial charge in [0.1, 0.15) is 6.61 Å². The van der Waals surface area contributed by atoms with Crippen molar-refractivity contribution in [2.75, 3.05) is 12.0 Å². The number of rotatable bonds is 7. The van der Waals surface area contributed by atoms with E-state index in [0.717, 1.165) is 22.9 Å². The van der Waals surface area contributed by atoms with Crippen molar-refractivity contribution in [1.82, 2.24) is 0 Å². The summed E-state index contributed by atoms with van der Waals surface area (Å²) in [5.74, 6) is 0.958. The van der Waals surface area contributed by atoms with E-state index in [-0.39, 0.29) is 11.1 Å². The molecular formula is C24H20ClNO4S. The number of halogens is 1. The SMILES string of the molecule is COc1cc(C[C@@H]2SC(=O)N(c3cccc(Cl)c3)C2=O)ccc1OCc1ccccc1. The van der Waals surface area contributed by atoms with Crippen LogP contribution in [0.3, 0.4) is 0 Å². The van der Waals surface area contributed by atoms with E-state index >= 15 is 0 Å². The fourth-order valence-corrected chi connectivity index (χ4v) is 4.55. The Morgan fingerprint density at radius 3 is 2.48 bits per heavy atom. The van der Waals surface area contributed by atoms with Gasteiger partial charge in [-0.25, -0.2) is 4.90 Å². The number of nitrogens with zero attached hydrogens (tertiary/aromatic N) is 1. The third-order valence-electron chi connectivity index (χ3n) is 4.87. The Bertz CT molecular complexity index is 1110. The highest BCUT2D eigenvalue weighted by Crippen LogP contribution is 2.36. The number of methoxy groups -OCH3 is 1. The second kappa shape index (κ2) is 9.45. The zero-order chi connectivity index (χ0) is 21.8. The molecule has 1 aliphatic rings. The maximum atomic E-state index is 12.9. The van der Waals surface area contributed by atoms with Crippen molar-refractivity contribution in [1.29, 1.82) is 0 Å². The second-order valence-corrected chi connectivity index (χ2v) is 8.58. The van der Waals surface area contributed by atoms with E-state index in [9.17, 15) is 9.59 Å². The molecular weight excluding hydrogens is 434 g/mol. The summed E-state index contributed by atoms with van der Waals surface area (Å²) in [5, 5.41) is -0.332. The van der Waals surface area contributed by atoms with Crippen LogP contribution < -0.4 is 14.4 Å². The van der Waals surface area contributed by atoms with Gasteiger partial charge < -0.3 is 9.47 Å². The van der Waals surface area contributed by atoms with Gasteiger partial charge in [0, 0.05) is 5.02 Å². The number of ether oxygens (including phenoxy) is 2. The van der Waals surface area contributed by atoms with Gasteiger partial charge in [-0.2, -0.15) is 0 Å². The van der Waals surface area contributed by atoms with Gasteiger partial charge in [-0.15, -0.1) is 0 Å². The summed E-state index contributed by atoms with van der Waals surface area (Å²) >= 11 is 7.04. The van der Waals surface area contributed by atoms with Crippen molar-refractivity contribution in [2.45, 2.75) is 18.3 Å². The highest BCUT2D eigenvalue weighted by molar-refractivity contribution is 8.15. The van der Waals surface area contributed by atoms with E-state index in [1.165, 1.54) is 4.90 Å². The lowest BCUT2D eigenvalue weighted by Gasteiger charge is -2.15. The smallest absolute Gasteiger partial charge is 0.293 e. The Labute approximate surface area is 189 Å². The van der Waals surface area contributed by atoms with E-state index in [1.54, 1.807) is 31.4 Å². The molecule has 1 saturated heterocycles. The topological polar surface area (TPSA) is 55.8 Å². The number of imide groups is 1. The van der Waals surface area contributed by atoms with E-state index < -0.39 is 5.25 Å². The lowest BCUT2D eigenvalue weighted by molar-refractivity contribution is -0.117. The molecule has 158 valence electrons. The molecule has 0 unspecified atom stereocenters. The number of hydrogen-bond acceptors (Lipinski definition) is 5. The normalized spacial score (nSPS) is 15.9. The predicted octanol–water partition coefficient (Wildman–Crippen LogP) is 5.74. The Morgan fingerprint density at radius 2 is 1.74 bits per heavy atom. The third-order valence-corrected chi connectivity index (χ3v) is 6.15. The quantitative estimate of drug-likeness (QED) is 0.456. The lowest BCUT2D eigenvalue weighted by atomic mass is 10.1. The Morgan fingerprint density at radius 1 is 0.935 bits per heavy atom. The van der Waals surface area contributed by atoms with Crippen LogP contribution in [0.1, 0.15) is 11.1 Å². The van der Waals surface area contributed by atoms with Crippen LogP contribution in [0.25, 0.3) is 0 Å². The molecule has 0 saturated carbocycles. The van der Waals surface area contributed by atoms with Crippen LogP contribution in [0, 0.1) is 0 Å². The summed E-state index contributed by atoms with van der Waals surface area (Å²) in [6.45, 7) is 0.427. The van der Waals surface area contributed by atoms with Crippen molar-refractivity contribution < 1.29 is 19.1 Å². The van der Waals surface area contributed by atoms with Gasteiger partial charge in [0.15, 0.2) is 11.5 Å². The van der Waals surface area contributed by atoms with Crippen LogP contribution in [0.2, 0.25) is 5.02 Å². The zero-order valence-corrected chi connectivity index (χ0v) is 18.4. The standard InChI is InChI=1S/C24H20ClNO4S/c1-29-21-12-17(10-11-20(21)30-15-16-6-3-2-4-7-16)13-22-23(27)26(24(28)31-22)19-9-5-8-18(25)14-19/h2-12,14,22H,13,15H2,1H3/t22-/m0/s1. The summed E-state index contributed by atoms with van der Waals surface area (Å²) < 4.78 is 11.4. The fourth-order valence-electron chi connectivity index (χ4n) is 3.34. The molecule has 1 aliphatic heterocycles. The first-order valence-electron chi connectivity index (χ1n) is 9.69. The number of carbonyl (C=O) groups is 2. The van der Waals surface area contributed by atoms with Crippen LogP contribution in [-0.2, 0) is 17.8 Å². The van der Waals surface area contributed by atoms with E-state index in [1.807, 2.05) is 48.5 Å². The van der Waals surface area contributed by atoms with Gasteiger partial charge in [-0.05, 0) is 47.9 Å². The molecule has 3 aromatic carbocycles. The number of carbonyl (C=O) groups excluding carboxylic acids is 2. The number of amides is 2. The molecule has 0 aromatic heterocycles. The number of anilines is 1. The molecule has 0 radical (unpaired) electrons. The summed E-state index contributed by atoms with van der Waals surface area (Å²) in [4.78, 5) is 26.6. The van der Waals surface area contributed by atoms with Crippen molar-refractivity contribution in [3.63, 3.8) is 0 Å². The molecule has 31 heavy (non-hydrogen) atoms. The average Bonchev–Trinajstić information content (AvgIpc) is 3.06. The molecule has 2 amide bonds. The molecule has 3 aromatic rings. The lowest BCUT2D eigenvalue weighted by Crippen LogP contribution is -2.32. The monoisotopic (exact) mass is 453 g/mol. The first kappa shape index (κ1) is 21.3. The highest BCUT2D eigenvalue weighted by Gasteiger charge is 2.40. The highest BCUT2D eigenvalue weighted by atomic mass is 35.5. The molecule has 0 N–H and O–H groups in total. The van der Waals surface area contributed by atoms with E-state index in [4.69, 9.17) is 21.1 Å². The minimum Gasteiger partial charge on any atom is -0.493 e. The van der Waals surface area contributed by atoms with E-state index in [2.05, 4.69) is 0 Å². The molecule has 5 nitrogen and oxygen atoms in total. The molecule has 4 rings (SSSR count). The molecule has 1 heterocycles. The molecule has 0 aliphatic carbocycles. The van der Waals surface area contributed by atoms with Crippen LogP contribution in [0.5, 0.6) is 11.5 Å². The fraction of sp³-hybridized carbons (Fsp3) is 0.167. The van der Waals surface area contributed by atoms with Gasteiger partial charge in [-0.3, -0.25) is 9.59 Å². The van der Waals surface area contributed by atoms with Crippen LogP contribution in [0.4, 0.5) is 10.5 Å². The first-order valence-corrected chi connectivity index (χ1v) is 10.9. The second-order valence-electron chi connectivity index (χ2n) is 6.99. The molecule has 7 heteroatoms. The average molecular weight is 454 g/mol. The predicted molar refractivity (Wildman–Crippen MR) is 123 cm³/mol. The van der Waals surface area contributed by atoms with Gasteiger partial charge in [0.05, 0.1) is 18.0 Å². The summed E-state index contributed by atoms with van der Waals surface area (Å²) in [6, 6.07) is 22.2. The summed E-state index contributed by atoms with van der Waals surface area (Å²) in [5.41, 5.74) is 2.43. The van der Waals surface area contributed by atoms with Crippen molar-refractivity contribution in [3.05, 3.63) is 88.9 Å². The van der Waals surface area contributed by atoms with Gasteiger partial charge in [0.2, 0.25) is 5.91 Å². The molecule has 0 bridgehead atoms. The van der Waals surface area contributed by atoms with Crippen LogP contribution in [0.15, 0.2) is 72.8 Å². The van der Waals surface area contributed by atoms with Crippen LogP contribution >= 0.6 is 23.4 Å². The Kier molecular flexibility index (Phi) is 6.49. The largest absolute Gasteiger partial charge is 0.493 e. The summed E-state index contributed by atoms with van der Waals surface area (Å²) in [7, 11) is 1.58. The van der Waals surface area contributed by atoms with Gasteiger partial charge in [-0.1, -0.05) is 65.8 Å². The first-order chi connectivity index (χ1) is 15.0. The molecule has 1 atom stereocenters. The van der Waals surface area contributed by atoms with Crippen molar-refractivity contribution >= 4 is 40.2 Å². The number of benzene rings is 3. The maximum absolute atomic E-state index is 12.9. The van der Waals surface area contributed by atoms with Crippen LogP contribution in [-0.4, -0.2) is 23.5 Å². The van der Waals surface area contributed by atoms with Crippen molar-refractivity contribution in [3.8, 4) is 11.5 Å². The van der Waals surface area contributed by atoms with Gasteiger partial charge in [0.25, 0.3) is 5.24 Å². The Hall–Kier alpha value is -2.96. The minimum absolute atomic E-state index is 0.249.